The maximum Gasteiger partial charge on any atom is 0.471 e. The smallest absolute Gasteiger partial charge is 0.367 e. The second kappa shape index (κ2) is 8.76. The lowest BCUT2D eigenvalue weighted by Crippen LogP contribution is -2.49. The minimum absolute atomic E-state index is 0.0228. The van der Waals surface area contributed by atoms with Gasteiger partial charge in [0.25, 0.3) is 0 Å². The third kappa shape index (κ3) is 4.69. The Kier molecular flexibility index (Phi) is 6.04. The van der Waals surface area contributed by atoms with Crippen LogP contribution in [0.5, 0.6) is 0 Å². The van der Waals surface area contributed by atoms with Crippen LogP contribution in [-0.4, -0.2) is 29.2 Å². The number of nitrogens with zero attached hydrogens (tertiary/aromatic N) is 2. The molecule has 1 heterocycles. The molecule has 32 heavy (non-hydrogen) atoms. The van der Waals surface area contributed by atoms with Gasteiger partial charge in [-0.1, -0.05) is 24.3 Å². The SMILES string of the molecule is Cc1cc(NC2CCC(N(C(=O)C(F)(F)F)c3cccc(F)c3)CC2)nc2ccccc12. The van der Waals surface area contributed by atoms with E-state index in [4.69, 9.17) is 0 Å². The lowest BCUT2D eigenvalue weighted by molar-refractivity contribution is -0.171. The first-order valence-corrected chi connectivity index (χ1v) is 10.5. The monoisotopic (exact) mass is 445 g/mol. The van der Waals surface area contributed by atoms with Crippen LogP contribution in [0.15, 0.2) is 54.6 Å². The molecule has 4 nitrogen and oxygen atoms in total. The fourth-order valence-electron chi connectivity index (χ4n) is 4.37. The van der Waals surface area contributed by atoms with Crippen molar-refractivity contribution in [2.45, 2.75) is 50.9 Å². The summed E-state index contributed by atoms with van der Waals surface area (Å²) in [6, 6.07) is 13.9. The number of fused-ring (bicyclic) bond motifs is 1. The molecule has 0 saturated heterocycles. The molecule has 0 radical (unpaired) electrons. The summed E-state index contributed by atoms with van der Waals surface area (Å²) in [7, 11) is 0. The van der Waals surface area contributed by atoms with Gasteiger partial charge in [0.2, 0.25) is 0 Å². The normalized spacial score (nSPS) is 19.0. The summed E-state index contributed by atoms with van der Waals surface area (Å²) in [6.45, 7) is 2.01. The third-order valence-electron chi connectivity index (χ3n) is 5.88. The molecule has 168 valence electrons. The zero-order chi connectivity index (χ0) is 22.9. The Morgan fingerprint density at radius 1 is 1.03 bits per heavy atom. The van der Waals surface area contributed by atoms with Crippen LogP contribution in [-0.2, 0) is 4.79 Å². The first kappa shape index (κ1) is 22.0. The molecular formula is C24H23F4N3O. The Morgan fingerprint density at radius 2 is 1.75 bits per heavy atom. The number of hydrogen-bond donors (Lipinski definition) is 1. The van der Waals surface area contributed by atoms with E-state index >= 15 is 0 Å². The molecule has 0 atom stereocenters. The molecule has 3 aromatic rings. The summed E-state index contributed by atoms with van der Waals surface area (Å²) in [5, 5.41) is 4.45. The number of pyridine rings is 1. The Bertz CT molecular complexity index is 1120. The Morgan fingerprint density at radius 3 is 2.44 bits per heavy atom. The van der Waals surface area contributed by atoms with Crippen molar-refractivity contribution in [3.8, 4) is 0 Å². The highest BCUT2D eigenvalue weighted by molar-refractivity contribution is 5.97. The van der Waals surface area contributed by atoms with Crippen molar-refractivity contribution < 1.29 is 22.4 Å². The summed E-state index contributed by atoms with van der Waals surface area (Å²) in [5.74, 6) is -1.93. The van der Waals surface area contributed by atoms with Crippen LogP contribution in [0.25, 0.3) is 10.9 Å². The number of aryl methyl sites for hydroxylation is 1. The van der Waals surface area contributed by atoms with Crippen LogP contribution in [0.4, 0.5) is 29.1 Å². The minimum atomic E-state index is -5.03. The van der Waals surface area contributed by atoms with E-state index in [9.17, 15) is 22.4 Å². The number of para-hydroxylation sites is 1. The zero-order valence-electron chi connectivity index (χ0n) is 17.5. The van der Waals surface area contributed by atoms with Gasteiger partial charge in [-0.2, -0.15) is 13.2 Å². The van der Waals surface area contributed by atoms with Crippen molar-refractivity contribution in [1.29, 1.82) is 0 Å². The second-order valence-corrected chi connectivity index (χ2v) is 8.14. The fourth-order valence-corrected chi connectivity index (χ4v) is 4.37. The number of nitrogens with one attached hydrogen (secondary N) is 1. The van der Waals surface area contributed by atoms with Crippen molar-refractivity contribution >= 4 is 28.3 Å². The number of carbonyl (C=O) groups excluding carboxylic acids is 1. The van der Waals surface area contributed by atoms with Crippen LogP contribution < -0.4 is 10.2 Å². The highest BCUT2D eigenvalue weighted by atomic mass is 19.4. The number of benzene rings is 2. The maximum atomic E-state index is 13.7. The predicted octanol–water partition coefficient (Wildman–Crippen LogP) is 6.00. The van der Waals surface area contributed by atoms with Crippen molar-refractivity contribution in [3.05, 3.63) is 66.0 Å². The van der Waals surface area contributed by atoms with Gasteiger partial charge in [-0.3, -0.25) is 4.79 Å². The van der Waals surface area contributed by atoms with Crippen molar-refractivity contribution in [2.24, 2.45) is 0 Å². The molecule has 0 unspecified atom stereocenters. The molecule has 8 heteroatoms. The van der Waals surface area contributed by atoms with Crippen LogP contribution in [0.2, 0.25) is 0 Å². The number of carbonyl (C=O) groups is 1. The number of rotatable bonds is 4. The van der Waals surface area contributed by atoms with Gasteiger partial charge in [-0.25, -0.2) is 9.37 Å². The van der Waals surface area contributed by atoms with E-state index in [0.717, 1.165) is 34.4 Å². The summed E-state index contributed by atoms with van der Waals surface area (Å²) >= 11 is 0. The summed E-state index contributed by atoms with van der Waals surface area (Å²) < 4.78 is 53.5. The van der Waals surface area contributed by atoms with Crippen LogP contribution in [0, 0.1) is 12.7 Å². The molecule has 0 spiro atoms. The van der Waals surface area contributed by atoms with E-state index in [1.807, 2.05) is 37.3 Å². The molecule has 1 saturated carbocycles. The first-order valence-electron chi connectivity index (χ1n) is 10.5. The van der Waals surface area contributed by atoms with Gasteiger partial charge in [0.05, 0.1) is 5.52 Å². The lowest BCUT2D eigenvalue weighted by Gasteiger charge is -2.37. The van der Waals surface area contributed by atoms with Gasteiger partial charge in [-0.05, 0) is 68.5 Å². The van der Waals surface area contributed by atoms with E-state index in [0.29, 0.717) is 30.6 Å². The summed E-state index contributed by atoms with van der Waals surface area (Å²) in [5.41, 5.74) is 1.88. The molecule has 0 aliphatic heterocycles. The molecule has 1 N–H and O–H groups in total. The minimum Gasteiger partial charge on any atom is -0.367 e. The molecule has 2 aromatic carbocycles. The van der Waals surface area contributed by atoms with Crippen LogP contribution in [0.3, 0.4) is 0 Å². The van der Waals surface area contributed by atoms with Crippen molar-refractivity contribution in [2.75, 3.05) is 10.2 Å². The average molecular weight is 445 g/mol. The van der Waals surface area contributed by atoms with E-state index in [2.05, 4.69) is 10.3 Å². The van der Waals surface area contributed by atoms with Gasteiger partial charge in [0.1, 0.15) is 11.6 Å². The highest BCUT2D eigenvalue weighted by Crippen LogP contribution is 2.33. The largest absolute Gasteiger partial charge is 0.471 e. The number of alkyl halides is 3. The number of amides is 1. The molecule has 0 bridgehead atoms. The van der Waals surface area contributed by atoms with Crippen LogP contribution >= 0.6 is 0 Å². The first-order chi connectivity index (χ1) is 15.2. The standard InChI is InChI=1S/C24H23F4N3O/c1-15-13-22(30-21-8-3-2-7-20(15)21)29-17-9-11-18(12-10-17)31(23(32)24(26,27)28)19-6-4-5-16(25)14-19/h2-8,13-14,17-18H,9-12H2,1H3,(H,29,30). The van der Waals surface area contributed by atoms with Crippen LogP contribution in [0.1, 0.15) is 31.2 Å². The van der Waals surface area contributed by atoms with E-state index < -0.39 is 23.9 Å². The highest BCUT2D eigenvalue weighted by Gasteiger charge is 2.46. The van der Waals surface area contributed by atoms with Gasteiger partial charge >= 0.3 is 12.1 Å². The topological polar surface area (TPSA) is 45.2 Å². The summed E-state index contributed by atoms with van der Waals surface area (Å²) in [6.07, 6.45) is -3.18. The molecule has 1 aliphatic rings. The molecule has 4 rings (SSSR count). The number of anilines is 2. The van der Waals surface area contributed by atoms with Gasteiger partial charge < -0.3 is 10.2 Å². The predicted molar refractivity (Wildman–Crippen MR) is 116 cm³/mol. The molecule has 1 amide bonds. The number of hydrogen-bond acceptors (Lipinski definition) is 3. The van der Waals surface area contributed by atoms with Gasteiger partial charge in [0, 0.05) is 23.2 Å². The second-order valence-electron chi connectivity index (χ2n) is 8.14. The molecule has 1 aliphatic carbocycles. The Hall–Kier alpha value is -3.16. The zero-order valence-corrected chi connectivity index (χ0v) is 17.5. The molecule has 1 fully saturated rings. The van der Waals surface area contributed by atoms with Gasteiger partial charge in [-0.15, -0.1) is 0 Å². The number of halogens is 4. The lowest BCUT2D eigenvalue weighted by atomic mass is 9.89. The summed E-state index contributed by atoms with van der Waals surface area (Å²) in [4.78, 5) is 17.5. The fraction of sp³-hybridized carbons (Fsp3) is 0.333. The molecule has 1 aromatic heterocycles. The quantitative estimate of drug-likeness (QED) is 0.501. The van der Waals surface area contributed by atoms with Crippen molar-refractivity contribution in [3.63, 3.8) is 0 Å². The van der Waals surface area contributed by atoms with E-state index in [-0.39, 0.29) is 11.7 Å². The Labute approximate surface area is 183 Å². The third-order valence-corrected chi connectivity index (χ3v) is 5.88. The number of aromatic nitrogens is 1. The molecular weight excluding hydrogens is 422 g/mol. The van der Waals surface area contributed by atoms with Crippen molar-refractivity contribution in [1.82, 2.24) is 4.98 Å². The van der Waals surface area contributed by atoms with E-state index in [1.54, 1.807) is 0 Å². The van der Waals surface area contributed by atoms with Gasteiger partial charge in [0.15, 0.2) is 0 Å². The maximum absolute atomic E-state index is 13.7. The average Bonchev–Trinajstić information content (AvgIpc) is 2.75. The van der Waals surface area contributed by atoms with E-state index in [1.165, 1.54) is 12.1 Å². The Balaban J connectivity index is 1.49.